The molecule has 20 heavy (non-hydrogen) atoms. The maximum Gasteiger partial charge on any atom is 0.0991 e. The molecule has 2 aromatic carbocycles. The summed E-state index contributed by atoms with van der Waals surface area (Å²) in [4.78, 5) is 0. The van der Waals surface area contributed by atoms with Crippen molar-refractivity contribution in [3.63, 3.8) is 0 Å². The first-order valence-corrected chi connectivity index (χ1v) is 6.98. The maximum absolute atomic E-state index is 8.93. The van der Waals surface area contributed by atoms with Crippen LogP contribution in [0.5, 0.6) is 0 Å². The van der Waals surface area contributed by atoms with Crippen molar-refractivity contribution < 1.29 is 0 Å². The molecule has 0 radical (unpaired) electrons. The molecule has 1 atom stereocenters. The van der Waals surface area contributed by atoms with Crippen LogP contribution in [0, 0.1) is 18.3 Å². The predicted molar refractivity (Wildman–Crippen MR) is 82.5 cm³/mol. The lowest BCUT2D eigenvalue weighted by Gasteiger charge is -2.15. The highest BCUT2D eigenvalue weighted by atomic mass is 14.9. The average molecular weight is 264 g/mol. The minimum atomic E-state index is 0.257. The summed E-state index contributed by atoms with van der Waals surface area (Å²) >= 11 is 0. The summed E-state index contributed by atoms with van der Waals surface area (Å²) < 4.78 is 0. The Balaban J connectivity index is 1.91. The van der Waals surface area contributed by atoms with Crippen LogP contribution in [-0.2, 0) is 6.42 Å². The van der Waals surface area contributed by atoms with Crippen molar-refractivity contribution in [1.82, 2.24) is 5.32 Å². The number of rotatable bonds is 5. The summed E-state index contributed by atoms with van der Waals surface area (Å²) in [5.41, 5.74) is 4.61. The second-order valence-corrected chi connectivity index (χ2v) is 5.09. The second-order valence-electron chi connectivity index (χ2n) is 5.09. The van der Waals surface area contributed by atoms with E-state index in [2.05, 4.69) is 55.6 Å². The van der Waals surface area contributed by atoms with Crippen LogP contribution in [0.4, 0.5) is 0 Å². The third kappa shape index (κ3) is 3.69. The normalized spacial score (nSPS) is 11.8. The number of benzene rings is 2. The third-order valence-corrected chi connectivity index (χ3v) is 3.62. The SMILES string of the molecule is Cc1ccccc1CCNC(C)c1cccc(C#N)c1. The van der Waals surface area contributed by atoms with Gasteiger partial charge < -0.3 is 5.32 Å². The van der Waals surface area contributed by atoms with Crippen molar-refractivity contribution in [1.29, 1.82) is 5.26 Å². The lowest BCUT2D eigenvalue weighted by Crippen LogP contribution is -2.21. The van der Waals surface area contributed by atoms with Crippen LogP contribution in [0.2, 0.25) is 0 Å². The maximum atomic E-state index is 8.93. The molecule has 0 spiro atoms. The number of hydrogen-bond acceptors (Lipinski definition) is 2. The highest BCUT2D eigenvalue weighted by Gasteiger charge is 2.05. The summed E-state index contributed by atoms with van der Waals surface area (Å²) in [7, 11) is 0. The van der Waals surface area contributed by atoms with E-state index in [4.69, 9.17) is 5.26 Å². The summed E-state index contributed by atoms with van der Waals surface area (Å²) in [6, 6.07) is 18.7. The van der Waals surface area contributed by atoms with Gasteiger partial charge in [0.1, 0.15) is 0 Å². The standard InChI is InChI=1S/C18H20N2/c1-14-6-3-4-8-17(14)10-11-20-15(2)18-9-5-7-16(12-18)13-19/h3-9,12,15,20H,10-11H2,1-2H3. The predicted octanol–water partition coefficient (Wildman–Crippen LogP) is 3.76. The van der Waals surface area contributed by atoms with Gasteiger partial charge in [-0.25, -0.2) is 0 Å². The molecule has 0 aliphatic rings. The quantitative estimate of drug-likeness (QED) is 0.892. The van der Waals surface area contributed by atoms with E-state index in [9.17, 15) is 0 Å². The van der Waals surface area contributed by atoms with Crippen molar-refractivity contribution in [3.05, 3.63) is 70.8 Å². The van der Waals surface area contributed by atoms with E-state index in [0.717, 1.165) is 24.1 Å². The Morgan fingerprint density at radius 3 is 2.70 bits per heavy atom. The molecule has 0 heterocycles. The van der Waals surface area contributed by atoms with Crippen molar-refractivity contribution in [2.45, 2.75) is 26.3 Å². The van der Waals surface area contributed by atoms with Crippen molar-refractivity contribution >= 4 is 0 Å². The zero-order valence-corrected chi connectivity index (χ0v) is 12.1. The Hall–Kier alpha value is -2.11. The molecule has 2 nitrogen and oxygen atoms in total. The Morgan fingerprint density at radius 2 is 1.95 bits per heavy atom. The van der Waals surface area contributed by atoms with Crippen molar-refractivity contribution in [3.8, 4) is 6.07 Å². The molecular weight excluding hydrogens is 244 g/mol. The van der Waals surface area contributed by atoms with Crippen molar-refractivity contribution in [2.24, 2.45) is 0 Å². The molecule has 2 heteroatoms. The summed E-state index contributed by atoms with van der Waals surface area (Å²) in [6.07, 6.45) is 1.02. The summed E-state index contributed by atoms with van der Waals surface area (Å²) in [5, 5.41) is 12.4. The van der Waals surface area contributed by atoms with Gasteiger partial charge in [-0.05, 0) is 55.6 Å². The smallest absolute Gasteiger partial charge is 0.0991 e. The summed E-state index contributed by atoms with van der Waals surface area (Å²) in [5.74, 6) is 0. The molecule has 1 N–H and O–H groups in total. The van der Waals surface area contributed by atoms with Gasteiger partial charge in [0.15, 0.2) is 0 Å². The molecule has 0 amide bonds. The van der Waals surface area contributed by atoms with Gasteiger partial charge in [0.05, 0.1) is 11.6 Å². The number of nitrogens with one attached hydrogen (secondary N) is 1. The molecule has 1 unspecified atom stereocenters. The Bertz CT molecular complexity index is 611. The number of nitrogens with zero attached hydrogens (tertiary/aromatic N) is 1. The topological polar surface area (TPSA) is 35.8 Å². The van der Waals surface area contributed by atoms with Crippen LogP contribution >= 0.6 is 0 Å². The van der Waals surface area contributed by atoms with Gasteiger partial charge in [-0.1, -0.05) is 36.4 Å². The van der Waals surface area contributed by atoms with Gasteiger partial charge >= 0.3 is 0 Å². The monoisotopic (exact) mass is 264 g/mol. The van der Waals surface area contributed by atoms with Crippen LogP contribution in [-0.4, -0.2) is 6.54 Å². The Kier molecular flexibility index (Phi) is 4.92. The molecule has 0 fully saturated rings. The summed E-state index contributed by atoms with van der Waals surface area (Å²) in [6.45, 7) is 5.21. The number of nitriles is 1. The molecule has 0 saturated heterocycles. The lowest BCUT2D eigenvalue weighted by atomic mass is 10.0. The molecule has 0 aliphatic heterocycles. The minimum Gasteiger partial charge on any atom is -0.310 e. The molecule has 0 aliphatic carbocycles. The highest BCUT2D eigenvalue weighted by molar-refractivity contribution is 5.34. The fourth-order valence-electron chi connectivity index (χ4n) is 2.31. The molecule has 0 aromatic heterocycles. The van der Waals surface area contributed by atoms with E-state index in [1.165, 1.54) is 11.1 Å². The van der Waals surface area contributed by atoms with Crippen LogP contribution in [0.15, 0.2) is 48.5 Å². The number of aryl methyl sites for hydroxylation is 1. The van der Waals surface area contributed by atoms with Crippen LogP contribution in [0.1, 0.15) is 35.2 Å². The molecule has 2 rings (SSSR count). The Labute approximate surface area is 121 Å². The van der Waals surface area contributed by atoms with Gasteiger partial charge in [-0.3, -0.25) is 0 Å². The molecule has 0 saturated carbocycles. The highest BCUT2D eigenvalue weighted by Crippen LogP contribution is 2.14. The van der Waals surface area contributed by atoms with Gasteiger partial charge in [0, 0.05) is 6.04 Å². The van der Waals surface area contributed by atoms with E-state index >= 15 is 0 Å². The first kappa shape index (κ1) is 14.3. The Morgan fingerprint density at radius 1 is 1.15 bits per heavy atom. The first-order chi connectivity index (χ1) is 9.70. The van der Waals surface area contributed by atoms with E-state index in [1.807, 2.05) is 18.2 Å². The fraction of sp³-hybridized carbons (Fsp3) is 0.278. The molecule has 102 valence electrons. The van der Waals surface area contributed by atoms with Crippen LogP contribution < -0.4 is 5.32 Å². The third-order valence-electron chi connectivity index (χ3n) is 3.62. The second kappa shape index (κ2) is 6.88. The van der Waals surface area contributed by atoms with E-state index in [-0.39, 0.29) is 6.04 Å². The number of hydrogen-bond donors (Lipinski definition) is 1. The van der Waals surface area contributed by atoms with Gasteiger partial charge in [0.2, 0.25) is 0 Å². The van der Waals surface area contributed by atoms with Crippen molar-refractivity contribution in [2.75, 3.05) is 6.54 Å². The molecular formula is C18H20N2. The minimum absolute atomic E-state index is 0.257. The van der Waals surface area contributed by atoms with Gasteiger partial charge in [-0.15, -0.1) is 0 Å². The van der Waals surface area contributed by atoms with Gasteiger partial charge in [0.25, 0.3) is 0 Å². The first-order valence-electron chi connectivity index (χ1n) is 6.98. The van der Waals surface area contributed by atoms with E-state index in [0.29, 0.717) is 0 Å². The fourth-order valence-corrected chi connectivity index (χ4v) is 2.31. The van der Waals surface area contributed by atoms with Gasteiger partial charge in [-0.2, -0.15) is 5.26 Å². The zero-order valence-electron chi connectivity index (χ0n) is 12.1. The van der Waals surface area contributed by atoms with E-state index in [1.54, 1.807) is 0 Å². The molecule has 0 bridgehead atoms. The average Bonchev–Trinajstić information content (AvgIpc) is 2.49. The van der Waals surface area contributed by atoms with E-state index < -0.39 is 0 Å². The van der Waals surface area contributed by atoms with Crippen LogP contribution in [0.25, 0.3) is 0 Å². The largest absolute Gasteiger partial charge is 0.310 e. The molecule has 2 aromatic rings. The van der Waals surface area contributed by atoms with Crippen LogP contribution in [0.3, 0.4) is 0 Å². The zero-order chi connectivity index (χ0) is 14.4. The lowest BCUT2D eigenvalue weighted by molar-refractivity contribution is 0.576.